The lowest BCUT2D eigenvalue weighted by atomic mass is 9.67. The van der Waals surface area contributed by atoms with Gasteiger partial charge in [0.15, 0.2) is 0 Å². The van der Waals surface area contributed by atoms with Crippen molar-refractivity contribution in [1.82, 2.24) is 0 Å². The number of benzene rings is 1. The molecule has 2 rings (SSSR count). The van der Waals surface area contributed by atoms with Gasteiger partial charge in [-0.1, -0.05) is 26.0 Å². The van der Waals surface area contributed by atoms with E-state index in [0.29, 0.717) is 24.8 Å². The zero-order valence-corrected chi connectivity index (χ0v) is 16.2. The highest BCUT2D eigenvalue weighted by Crippen LogP contribution is 2.34. The Morgan fingerprint density at radius 3 is 2.68 bits per heavy atom. The van der Waals surface area contributed by atoms with Crippen LogP contribution in [0.4, 0.5) is 0 Å². The fraction of sp³-hybridized carbons (Fsp3) is 0.474. The van der Waals surface area contributed by atoms with E-state index in [4.69, 9.17) is 14.1 Å². The molecule has 1 aromatic rings. The number of rotatable bonds is 7. The summed E-state index contributed by atoms with van der Waals surface area (Å²) in [6.45, 7) is 4.59. The summed E-state index contributed by atoms with van der Waals surface area (Å²) in [6.07, 6.45) is 2.99. The minimum Gasteiger partial charge on any atom is -0.535 e. The van der Waals surface area contributed by atoms with Crippen molar-refractivity contribution in [2.24, 2.45) is 10.9 Å². The van der Waals surface area contributed by atoms with Crippen molar-refractivity contribution in [3.8, 4) is 5.75 Å². The lowest BCUT2D eigenvalue weighted by molar-refractivity contribution is -0.157. The van der Waals surface area contributed by atoms with Crippen LogP contribution in [-0.4, -0.2) is 43.0 Å². The molecule has 1 amide bonds. The van der Waals surface area contributed by atoms with Crippen LogP contribution in [-0.2, 0) is 25.5 Å². The number of nitrogens with zero attached hydrogens (tertiary/aromatic N) is 1. The number of carbonyl (C=O) groups is 3. The predicted molar refractivity (Wildman–Crippen MR) is 102 cm³/mol. The maximum Gasteiger partial charge on any atom is 0.531 e. The van der Waals surface area contributed by atoms with Gasteiger partial charge in [-0.25, -0.2) is 9.79 Å². The largest absolute Gasteiger partial charge is 0.535 e. The third-order valence-electron chi connectivity index (χ3n) is 4.53. The molecular weight excluding hydrogens is 365 g/mol. The fourth-order valence-electron chi connectivity index (χ4n) is 2.89. The van der Waals surface area contributed by atoms with Crippen LogP contribution < -0.4 is 4.65 Å². The smallest absolute Gasteiger partial charge is 0.531 e. The summed E-state index contributed by atoms with van der Waals surface area (Å²) >= 11 is 0. The summed E-state index contributed by atoms with van der Waals surface area (Å²) in [5.41, 5.74) is 0.797. The third-order valence-corrected chi connectivity index (χ3v) is 4.53. The molecule has 1 heterocycles. The minimum absolute atomic E-state index is 0.122. The summed E-state index contributed by atoms with van der Waals surface area (Å²) in [6, 6.07) is 4.91. The number of esters is 2. The maximum absolute atomic E-state index is 12.4. The monoisotopic (exact) mass is 389 g/mol. The van der Waals surface area contributed by atoms with Crippen LogP contribution in [0.2, 0.25) is 5.82 Å². The Bertz CT molecular complexity index is 761. The standard InChI is InChI=1S/C19H24BNO7/c1-4-13(5-2)18(23)26-11-27-19(24)16-8-6-7-14-9-15(10-21-12(3)22)20(25)28-17(14)16/h6-8,10,13,15,25H,4-5,9,11H2,1-3H3. The van der Waals surface area contributed by atoms with Crippen molar-refractivity contribution in [2.75, 3.05) is 6.79 Å². The van der Waals surface area contributed by atoms with Gasteiger partial charge in [0.25, 0.3) is 0 Å². The van der Waals surface area contributed by atoms with Crippen molar-refractivity contribution < 1.29 is 33.5 Å². The second-order valence-corrected chi connectivity index (χ2v) is 6.49. The molecule has 1 atom stereocenters. The normalized spacial score (nSPS) is 15.9. The number of hydrogen-bond acceptors (Lipinski definition) is 7. The highest BCUT2D eigenvalue weighted by Gasteiger charge is 2.36. The molecule has 9 heteroatoms. The number of amides is 1. The van der Waals surface area contributed by atoms with E-state index >= 15 is 0 Å². The molecule has 0 spiro atoms. The van der Waals surface area contributed by atoms with Crippen LogP contribution in [0.15, 0.2) is 23.2 Å². The van der Waals surface area contributed by atoms with E-state index in [1.54, 1.807) is 12.1 Å². The molecule has 0 saturated carbocycles. The Balaban J connectivity index is 2.04. The Labute approximate surface area is 164 Å². The van der Waals surface area contributed by atoms with Crippen molar-refractivity contribution in [3.63, 3.8) is 0 Å². The SMILES string of the molecule is CCC(CC)C(=O)OCOC(=O)c1cccc2c1OB(O)C(C=NC(C)=O)C2. The zero-order chi connectivity index (χ0) is 20.7. The molecule has 150 valence electrons. The highest BCUT2D eigenvalue weighted by molar-refractivity contribution is 6.50. The number of fused-ring (bicyclic) bond motifs is 1. The van der Waals surface area contributed by atoms with E-state index < -0.39 is 31.7 Å². The van der Waals surface area contributed by atoms with Gasteiger partial charge in [-0.15, -0.1) is 0 Å². The van der Waals surface area contributed by atoms with E-state index in [1.807, 2.05) is 13.8 Å². The van der Waals surface area contributed by atoms with Gasteiger partial charge in [-0.3, -0.25) is 9.59 Å². The van der Waals surface area contributed by atoms with Crippen LogP contribution in [0.5, 0.6) is 5.75 Å². The molecular formula is C19H24BNO7. The lowest BCUT2D eigenvalue weighted by Gasteiger charge is -2.26. The molecule has 0 aromatic heterocycles. The Kier molecular flexibility index (Phi) is 7.75. The number of aliphatic imine (C=N–C) groups is 1. The Morgan fingerprint density at radius 1 is 1.32 bits per heavy atom. The van der Waals surface area contributed by atoms with Gasteiger partial charge in [-0.2, -0.15) is 0 Å². The molecule has 0 aliphatic carbocycles. The topological polar surface area (TPSA) is 111 Å². The lowest BCUT2D eigenvalue weighted by Crippen LogP contribution is -2.35. The first kappa shape index (κ1) is 21.6. The molecule has 8 nitrogen and oxygen atoms in total. The molecule has 1 aliphatic rings. The zero-order valence-electron chi connectivity index (χ0n) is 16.2. The van der Waals surface area contributed by atoms with Gasteiger partial charge in [0.2, 0.25) is 12.7 Å². The molecule has 0 bridgehead atoms. The third kappa shape index (κ3) is 5.42. The van der Waals surface area contributed by atoms with Gasteiger partial charge in [0.1, 0.15) is 11.3 Å². The summed E-state index contributed by atoms with van der Waals surface area (Å²) in [4.78, 5) is 38.9. The van der Waals surface area contributed by atoms with E-state index in [2.05, 4.69) is 4.99 Å². The van der Waals surface area contributed by atoms with E-state index in [-0.39, 0.29) is 23.1 Å². The second kappa shape index (κ2) is 10.0. The molecule has 28 heavy (non-hydrogen) atoms. The summed E-state index contributed by atoms with van der Waals surface area (Å²) in [7, 11) is -1.25. The molecule has 0 radical (unpaired) electrons. The predicted octanol–water partition coefficient (Wildman–Crippen LogP) is 2.18. The van der Waals surface area contributed by atoms with Crippen molar-refractivity contribution >= 4 is 31.2 Å². The van der Waals surface area contributed by atoms with Crippen molar-refractivity contribution in [3.05, 3.63) is 29.3 Å². The van der Waals surface area contributed by atoms with Crippen LogP contribution in [0.25, 0.3) is 0 Å². The summed E-state index contributed by atoms with van der Waals surface area (Å²) in [5, 5.41) is 10.2. The van der Waals surface area contributed by atoms with Crippen LogP contribution in [0.1, 0.15) is 49.5 Å². The van der Waals surface area contributed by atoms with E-state index in [1.165, 1.54) is 19.2 Å². The average molecular weight is 389 g/mol. The van der Waals surface area contributed by atoms with Gasteiger partial charge in [0.05, 0.1) is 5.92 Å². The number of para-hydroxylation sites is 1. The van der Waals surface area contributed by atoms with Gasteiger partial charge in [-0.05, 0) is 30.9 Å². The average Bonchev–Trinajstić information content (AvgIpc) is 2.66. The van der Waals surface area contributed by atoms with Crippen molar-refractivity contribution in [1.29, 1.82) is 0 Å². The van der Waals surface area contributed by atoms with Crippen LogP contribution >= 0.6 is 0 Å². The quantitative estimate of drug-likeness (QED) is 0.329. The number of ether oxygens (including phenoxy) is 2. The van der Waals surface area contributed by atoms with Gasteiger partial charge < -0.3 is 19.2 Å². The van der Waals surface area contributed by atoms with Crippen LogP contribution in [0, 0.1) is 5.92 Å². The number of hydrogen-bond donors (Lipinski definition) is 1. The van der Waals surface area contributed by atoms with E-state index in [0.717, 1.165) is 0 Å². The molecule has 0 saturated heterocycles. The van der Waals surface area contributed by atoms with Gasteiger partial charge in [0, 0.05) is 19.0 Å². The summed E-state index contributed by atoms with van der Waals surface area (Å²) in [5.74, 6) is -2.04. The van der Waals surface area contributed by atoms with E-state index in [9.17, 15) is 19.4 Å². The van der Waals surface area contributed by atoms with Gasteiger partial charge >= 0.3 is 19.1 Å². The Morgan fingerprint density at radius 2 is 2.04 bits per heavy atom. The number of carbonyl (C=O) groups excluding carboxylic acids is 3. The Hall–Kier alpha value is -2.68. The first-order valence-corrected chi connectivity index (χ1v) is 9.22. The molecule has 1 aliphatic heterocycles. The molecule has 0 fully saturated rings. The highest BCUT2D eigenvalue weighted by atomic mass is 16.7. The van der Waals surface area contributed by atoms with Crippen LogP contribution in [0.3, 0.4) is 0 Å². The first-order chi connectivity index (χ1) is 13.4. The fourth-order valence-corrected chi connectivity index (χ4v) is 2.89. The minimum atomic E-state index is -1.25. The molecule has 1 N–H and O–H groups in total. The summed E-state index contributed by atoms with van der Waals surface area (Å²) < 4.78 is 15.5. The molecule has 1 aromatic carbocycles. The first-order valence-electron chi connectivity index (χ1n) is 9.22. The second-order valence-electron chi connectivity index (χ2n) is 6.49. The molecule has 1 unspecified atom stereocenters. The maximum atomic E-state index is 12.4. The van der Waals surface area contributed by atoms with Crippen molar-refractivity contribution in [2.45, 2.75) is 45.9 Å².